The lowest BCUT2D eigenvalue weighted by Crippen LogP contribution is -2.67. The Labute approximate surface area is 94.7 Å². The lowest BCUT2D eigenvalue weighted by Gasteiger charge is -2.37. The Kier molecular flexibility index (Phi) is 4.09. The molecule has 0 fully saturated rings. The van der Waals surface area contributed by atoms with Gasteiger partial charge in [0.05, 0.1) is 0 Å². The van der Waals surface area contributed by atoms with Crippen LogP contribution in [0.1, 0.15) is 0 Å². The van der Waals surface area contributed by atoms with Crippen molar-refractivity contribution in [2.45, 2.75) is 30.1 Å². The predicted molar refractivity (Wildman–Crippen MR) is 31.3 cm³/mol. The van der Waals surface area contributed by atoms with Gasteiger partial charge in [-0.15, -0.1) is 0 Å². The van der Waals surface area contributed by atoms with Crippen LogP contribution in [-0.4, -0.2) is 30.1 Å². The maximum Gasteiger partial charge on any atom is 0.437 e. The average molecular weight is 319 g/mol. The van der Waals surface area contributed by atoms with Crippen molar-refractivity contribution in [3.8, 4) is 0 Å². The van der Waals surface area contributed by atoms with Gasteiger partial charge in [0.25, 0.3) is 0 Å². The molecule has 0 aromatic heterocycles. The molecule has 0 heterocycles. The van der Waals surface area contributed by atoms with Crippen molar-refractivity contribution in [3.63, 3.8) is 0 Å². The summed E-state index contributed by atoms with van der Waals surface area (Å²) >= 11 is 0. The van der Waals surface area contributed by atoms with Gasteiger partial charge in [0.1, 0.15) is 0 Å². The van der Waals surface area contributed by atoms with Crippen LogP contribution in [0.2, 0.25) is 0 Å². The van der Waals surface area contributed by atoms with Crippen LogP contribution in [0.3, 0.4) is 0 Å². The maximum atomic E-state index is 12.6. The van der Waals surface area contributed by atoms with Crippen molar-refractivity contribution >= 4 is 0 Å². The minimum absolute atomic E-state index is 5.04. The Morgan fingerprint density at radius 2 is 0.789 bits per heavy atom. The molecule has 0 atom stereocenters. The van der Waals surface area contributed by atoms with Gasteiger partial charge in [0.15, 0.2) is 0 Å². The molecule has 115 valence electrons. The largest absolute Gasteiger partial charge is 0.437 e. The second-order valence-corrected chi connectivity index (χ2v) is 3.04. The molecule has 0 aromatic carbocycles. The summed E-state index contributed by atoms with van der Waals surface area (Å²) in [6.45, 7) is 0. The molecular weight excluding hydrogens is 319 g/mol. The quantitative estimate of drug-likeness (QED) is 0.657. The Balaban J connectivity index is 6.06. The Hall–Kier alpha value is -0.910. The first-order chi connectivity index (χ1) is 7.90. The lowest BCUT2D eigenvalue weighted by molar-refractivity contribution is -0.403. The fourth-order valence-corrected chi connectivity index (χ4v) is 0.846. The van der Waals surface area contributed by atoms with Crippen LogP contribution in [0.5, 0.6) is 0 Å². The SMILES string of the molecule is F[C](C(F)(F)F)C(F)(F)C(F)(C(F)(F)F)C(F)(F)F. The second kappa shape index (κ2) is 4.30. The molecule has 0 nitrogen and oxygen atoms in total. The Morgan fingerprint density at radius 1 is 0.526 bits per heavy atom. The molecule has 0 N–H and O–H groups in total. The summed E-state index contributed by atoms with van der Waals surface area (Å²) in [6.07, 6.45) is -27.0. The predicted octanol–water partition coefficient (Wildman–Crippen LogP) is 4.52. The van der Waals surface area contributed by atoms with Crippen LogP contribution < -0.4 is 0 Å². The third-order valence-corrected chi connectivity index (χ3v) is 1.74. The topological polar surface area (TPSA) is 0 Å². The lowest BCUT2D eigenvalue weighted by atomic mass is 9.92. The molecule has 0 aromatic rings. The zero-order valence-corrected chi connectivity index (χ0v) is 7.91. The Bertz CT molecular complexity index is 301. The zero-order chi connectivity index (χ0) is 16.1. The van der Waals surface area contributed by atoms with E-state index in [1.807, 2.05) is 0 Å². The Morgan fingerprint density at radius 3 is 0.947 bits per heavy atom. The van der Waals surface area contributed by atoms with Gasteiger partial charge in [-0.25, -0.2) is 8.78 Å². The first-order valence-corrected chi connectivity index (χ1v) is 3.71. The number of alkyl halides is 12. The van der Waals surface area contributed by atoms with Crippen LogP contribution in [-0.2, 0) is 0 Å². The van der Waals surface area contributed by atoms with Crippen LogP contribution in [0, 0.1) is 6.17 Å². The minimum Gasteiger partial charge on any atom is -0.222 e. The van der Waals surface area contributed by atoms with E-state index in [2.05, 4.69) is 0 Å². The standard InChI is InChI=1S/C6F13/c7-1(3(10,11)12)2(8,9)4(13,5(14,15)16)6(17,18)19. The third kappa shape index (κ3) is 2.68. The van der Waals surface area contributed by atoms with E-state index < -0.39 is 36.3 Å². The first kappa shape index (κ1) is 18.1. The van der Waals surface area contributed by atoms with Crippen LogP contribution >= 0.6 is 0 Å². The molecule has 0 aliphatic heterocycles. The summed E-state index contributed by atoms with van der Waals surface area (Å²) in [6, 6.07) is 0. The van der Waals surface area contributed by atoms with Gasteiger partial charge in [-0.1, -0.05) is 0 Å². The van der Waals surface area contributed by atoms with E-state index >= 15 is 0 Å². The molecule has 0 amide bonds. The van der Waals surface area contributed by atoms with E-state index in [0.29, 0.717) is 0 Å². The van der Waals surface area contributed by atoms with Gasteiger partial charge in [-0.05, 0) is 0 Å². The molecular formula is C6F13. The fourth-order valence-electron chi connectivity index (χ4n) is 0.846. The molecule has 0 saturated heterocycles. The number of halogens is 13. The molecule has 13 heteroatoms. The van der Waals surface area contributed by atoms with Crippen LogP contribution in [0.4, 0.5) is 57.1 Å². The summed E-state index contributed by atoms with van der Waals surface area (Å²) in [5.74, 6) is -7.53. The minimum atomic E-state index is -7.72. The highest BCUT2D eigenvalue weighted by Crippen LogP contribution is 2.60. The zero-order valence-electron chi connectivity index (χ0n) is 7.91. The van der Waals surface area contributed by atoms with Crippen molar-refractivity contribution in [1.29, 1.82) is 0 Å². The fraction of sp³-hybridized carbons (Fsp3) is 0.833. The van der Waals surface area contributed by atoms with Crippen molar-refractivity contribution < 1.29 is 57.1 Å². The van der Waals surface area contributed by atoms with Gasteiger partial charge in [-0.3, -0.25) is 0 Å². The van der Waals surface area contributed by atoms with Crippen molar-refractivity contribution in [2.75, 3.05) is 0 Å². The van der Waals surface area contributed by atoms with Gasteiger partial charge < -0.3 is 0 Å². The maximum absolute atomic E-state index is 12.6. The average Bonchev–Trinajstić information content (AvgIpc) is 2.09. The highest BCUT2D eigenvalue weighted by Gasteiger charge is 2.88. The molecule has 0 unspecified atom stereocenters. The van der Waals surface area contributed by atoms with Gasteiger partial charge in [0.2, 0.25) is 0 Å². The van der Waals surface area contributed by atoms with Crippen LogP contribution in [0.25, 0.3) is 0 Å². The molecule has 19 heavy (non-hydrogen) atoms. The van der Waals surface area contributed by atoms with Gasteiger partial charge in [0, 0.05) is 0 Å². The molecule has 0 spiro atoms. The first-order valence-electron chi connectivity index (χ1n) is 3.71. The summed E-state index contributed by atoms with van der Waals surface area (Å²) < 4.78 is 154. The van der Waals surface area contributed by atoms with E-state index in [0.717, 1.165) is 0 Å². The van der Waals surface area contributed by atoms with Gasteiger partial charge in [-0.2, -0.15) is 48.3 Å². The molecule has 0 rings (SSSR count). The van der Waals surface area contributed by atoms with E-state index in [4.69, 9.17) is 0 Å². The number of rotatable bonds is 2. The van der Waals surface area contributed by atoms with E-state index in [9.17, 15) is 57.1 Å². The van der Waals surface area contributed by atoms with E-state index in [-0.39, 0.29) is 0 Å². The summed E-state index contributed by atoms with van der Waals surface area (Å²) in [5, 5.41) is 0. The van der Waals surface area contributed by atoms with E-state index in [1.165, 1.54) is 0 Å². The highest BCUT2D eigenvalue weighted by molar-refractivity contribution is 5.17. The molecule has 1 radical (unpaired) electrons. The molecule has 0 bridgehead atoms. The van der Waals surface area contributed by atoms with Crippen molar-refractivity contribution in [1.82, 2.24) is 0 Å². The van der Waals surface area contributed by atoms with E-state index in [1.54, 1.807) is 0 Å². The van der Waals surface area contributed by atoms with Gasteiger partial charge >= 0.3 is 36.3 Å². The second-order valence-electron chi connectivity index (χ2n) is 3.04. The molecule has 0 aliphatic rings. The summed E-state index contributed by atoms with van der Waals surface area (Å²) in [5.41, 5.74) is -7.72. The summed E-state index contributed by atoms with van der Waals surface area (Å²) in [7, 11) is 0. The molecule has 0 aliphatic carbocycles. The number of hydrogen-bond donors (Lipinski definition) is 0. The van der Waals surface area contributed by atoms with Crippen molar-refractivity contribution in [2.24, 2.45) is 0 Å². The number of hydrogen-bond acceptors (Lipinski definition) is 0. The third-order valence-electron chi connectivity index (χ3n) is 1.74. The highest BCUT2D eigenvalue weighted by atomic mass is 19.4. The molecule has 0 saturated carbocycles. The van der Waals surface area contributed by atoms with Crippen molar-refractivity contribution in [3.05, 3.63) is 6.17 Å². The normalized spacial score (nSPS) is 16.1. The van der Waals surface area contributed by atoms with Crippen LogP contribution in [0.15, 0.2) is 0 Å². The smallest absolute Gasteiger partial charge is 0.222 e. The summed E-state index contributed by atoms with van der Waals surface area (Å²) in [4.78, 5) is 0. The monoisotopic (exact) mass is 319 g/mol.